The summed E-state index contributed by atoms with van der Waals surface area (Å²) < 4.78 is 12.0. The fourth-order valence-corrected chi connectivity index (χ4v) is 9.30. The number of amides is 1. The lowest BCUT2D eigenvalue weighted by molar-refractivity contribution is -0.0617. The molecule has 34 heavy (non-hydrogen) atoms. The molecule has 0 aromatic heterocycles. The molecule has 5 heteroatoms. The molecule has 0 bridgehead atoms. The van der Waals surface area contributed by atoms with Gasteiger partial charge in [-0.15, -0.1) is 0 Å². The number of ether oxygens (including phenoxy) is 2. The smallest absolute Gasteiger partial charge is 0.413 e. The molecule has 0 saturated carbocycles. The second-order valence-corrected chi connectivity index (χ2v) is 13.8. The average Bonchev–Trinajstić information content (AvgIpc) is 3.11. The fourth-order valence-electron chi connectivity index (χ4n) is 4.83. The van der Waals surface area contributed by atoms with Crippen LogP contribution in [0.1, 0.15) is 34.6 Å². The minimum atomic E-state index is -2.12. The Morgan fingerprint density at radius 3 is 1.68 bits per heavy atom. The van der Waals surface area contributed by atoms with Crippen molar-refractivity contribution in [3.63, 3.8) is 0 Å². The summed E-state index contributed by atoms with van der Waals surface area (Å²) in [6.45, 7) is 10.1. The number of rotatable bonds is 5. The number of nitrogens with zero attached hydrogens (tertiary/aromatic N) is 1. The molecule has 0 N–H and O–H groups in total. The molecule has 1 atom stereocenters. The van der Waals surface area contributed by atoms with Gasteiger partial charge in [-0.1, -0.05) is 54.6 Å². The molecule has 0 aliphatic carbocycles. The van der Waals surface area contributed by atoms with Crippen molar-refractivity contribution >= 4 is 29.3 Å². The standard InChI is InChI=1S/C29H35NO3P/c1-28(2,3)33-27(31)30-23(21-32-29(30,4)5)22-34(24-15-9-6-10-16-24,25-17-11-7-12-18-25)26-19-13-8-14-20-26/h6-20,23H,21-22H2,1-5H3/q+1/t23-/m0/s1. The van der Waals surface area contributed by atoms with E-state index in [0.29, 0.717) is 6.61 Å². The Labute approximate surface area is 204 Å². The summed E-state index contributed by atoms with van der Waals surface area (Å²) in [7, 11) is -2.12. The van der Waals surface area contributed by atoms with Crippen LogP contribution in [0, 0.1) is 0 Å². The van der Waals surface area contributed by atoms with Crippen molar-refractivity contribution in [1.29, 1.82) is 0 Å². The van der Waals surface area contributed by atoms with Crippen LogP contribution in [0.4, 0.5) is 4.79 Å². The van der Waals surface area contributed by atoms with Crippen molar-refractivity contribution in [3.05, 3.63) is 91.0 Å². The summed E-state index contributed by atoms with van der Waals surface area (Å²) in [5, 5.41) is 3.88. The first kappa shape index (κ1) is 24.4. The SMILES string of the molecule is CC(C)(C)OC(=O)N1[C@H](C[P+](c2ccccc2)(c2ccccc2)c2ccccc2)COC1(C)C. The maximum atomic E-state index is 13.4. The zero-order valence-corrected chi connectivity index (χ0v) is 21.7. The molecular formula is C29H35NO3P+. The number of hydrogen-bond acceptors (Lipinski definition) is 3. The van der Waals surface area contributed by atoms with Gasteiger partial charge in [-0.25, -0.2) is 4.79 Å². The van der Waals surface area contributed by atoms with Crippen LogP contribution in [0.15, 0.2) is 91.0 Å². The second kappa shape index (κ2) is 9.52. The molecule has 1 fully saturated rings. The molecule has 3 aromatic rings. The minimum absolute atomic E-state index is 0.126. The summed E-state index contributed by atoms with van der Waals surface area (Å²) in [6, 6.07) is 32.1. The van der Waals surface area contributed by atoms with Crippen molar-refractivity contribution in [2.75, 3.05) is 12.8 Å². The Balaban J connectivity index is 1.87. The highest BCUT2D eigenvalue weighted by Crippen LogP contribution is 2.57. The van der Waals surface area contributed by atoms with Crippen molar-refractivity contribution in [2.45, 2.75) is 52.0 Å². The van der Waals surface area contributed by atoms with Gasteiger partial charge in [0.15, 0.2) is 0 Å². The van der Waals surface area contributed by atoms with Crippen LogP contribution in [-0.4, -0.2) is 41.1 Å². The van der Waals surface area contributed by atoms with E-state index in [-0.39, 0.29) is 12.1 Å². The van der Waals surface area contributed by atoms with E-state index in [0.717, 1.165) is 6.16 Å². The fraction of sp³-hybridized carbons (Fsp3) is 0.345. The van der Waals surface area contributed by atoms with Gasteiger partial charge < -0.3 is 9.47 Å². The normalized spacial score (nSPS) is 18.0. The second-order valence-electron chi connectivity index (χ2n) is 10.3. The van der Waals surface area contributed by atoms with Crippen LogP contribution in [0.25, 0.3) is 0 Å². The maximum absolute atomic E-state index is 13.4. The van der Waals surface area contributed by atoms with Crippen LogP contribution in [0.3, 0.4) is 0 Å². The molecule has 0 unspecified atom stereocenters. The third-order valence-electron chi connectivity index (χ3n) is 6.24. The summed E-state index contributed by atoms with van der Waals surface area (Å²) in [5.41, 5.74) is -1.32. The summed E-state index contributed by atoms with van der Waals surface area (Å²) >= 11 is 0. The lowest BCUT2D eigenvalue weighted by Crippen LogP contribution is -2.52. The van der Waals surface area contributed by atoms with Crippen molar-refractivity contribution in [2.24, 2.45) is 0 Å². The first-order valence-electron chi connectivity index (χ1n) is 11.8. The van der Waals surface area contributed by atoms with Gasteiger partial charge in [-0.3, -0.25) is 4.90 Å². The predicted octanol–water partition coefficient (Wildman–Crippen LogP) is 5.35. The maximum Gasteiger partial charge on any atom is 0.413 e. The lowest BCUT2D eigenvalue weighted by atomic mass is 10.2. The lowest BCUT2D eigenvalue weighted by Gasteiger charge is -2.37. The minimum Gasteiger partial charge on any atom is -0.444 e. The topological polar surface area (TPSA) is 38.8 Å². The molecule has 178 valence electrons. The van der Waals surface area contributed by atoms with E-state index >= 15 is 0 Å². The summed E-state index contributed by atoms with van der Waals surface area (Å²) in [4.78, 5) is 15.2. The van der Waals surface area contributed by atoms with E-state index in [1.54, 1.807) is 0 Å². The molecule has 0 radical (unpaired) electrons. The van der Waals surface area contributed by atoms with Crippen LogP contribution >= 0.6 is 7.26 Å². The van der Waals surface area contributed by atoms with Gasteiger partial charge in [0.1, 0.15) is 34.5 Å². The molecule has 4 nitrogen and oxygen atoms in total. The molecule has 1 heterocycles. The number of carbonyl (C=O) groups excluding carboxylic acids is 1. The first-order valence-corrected chi connectivity index (χ1v) is 13.8. The first-order chi connectivity index (χ1) is 16.1. The molecule has 4 rings (SSSR count). The van der Waals surface area contributed by atoms with Gasteiger partial charge >= 0.3 is 6.09 Å². The van der Waals surface area contributed by atoms with E-state index in [1.165, 1.54) is 15.9 Å². The zero-order chi connectivity index (χ0) is 24.4. The van der Waals surface area contributed by atoms with E-state index in [2.05, 4.69) is 91.0 Å². The molecule has 0 spiro atoms. The molecule has 1 amide bonds. The summed E-state index contributed by atoms with van der Waals surface area (Å²) in [5.74, 6) is 0. The number of benzene rings is 3. The molecule has 3 aromatic carbocycles. The van der Waals surface area contributed by atoms with E-state index in [9.17, 15) is 4.79 Å². The van der Waals surface area contributed by atoms with Gasteiger partial charge in [0.2, 0.25) is 0 Å². The predicted molar refractivity (Wildman–Crippen MR) is 142 cm³/mol. The Kier molecular flexibility index (Phi) is 6.85. The number of hydrogen-bond donors (Lipinski definition) is 0. The highest BCUT2D eigenvalue weighted by molar-refractivity contribution is 7.95. The van der Waals surface area contributed by atoms with Crippen molar-refractivity contribution in [3.8, 4) is 0 Å². The van der Waals surface area contributed by atoms with Gasteiger partial charge in [0.05, 0.1) is 18.8 Å². The highest BCUT2D eigenvalue weighted by atomic mass is 31.2. The Morgan fingerprint density at radius 1 is 0.882 bits per heavy atom. The Bertz CT molecular complexity index is 998. The summed E-state index contributed by atoms with van der Waals surface area (Å²) in [6.07, 6.45) is 0.445. The number of carbonyl (C=O) groups is 1. The Hall–Kier alpha value is -2.68. The van der Waals surface area contributed by atoms with Crippen LogP contribution in [0.2, 0.25) is 0 Å². The molecule has 1 aliphatic rings. The largest absolute Gasteiger partial charge is 0.444 e. The molecular weight excluding hydrogens is 441 g/mol. The Morgan fingerprint density at radius 2 is 1.29 bits per heavy atom. The van der Waals surface area contributed by atoms with Crippen LogP contribution in [-0.2, 0) is 9.47 Å². The van der Waals surface area contributed by atoms with E-state index in [4.69, 9.17) is 9.47 Å². The van der Waals surface area contributed by atoms with E-state index < -0.39 is 18.6 Å². The average molecular weight is 477 g/mol. The zero-order valence-electron chi connectivity index (χ0n) is 20.8. The quantitative estimate of drug-likeness (QED) is 0.466. The monoisotopic (exact) mass is 476 g/mol. The van der Waals surface area contributed by atoms with Crippen LogP contribution < -0.4 is 15.9 Å². The highest BCUT2D eigenvalue weighted by Gasteiger charge is 2.54. The van der Waals surface area contributed by atoms with Gasteiger partial charge in [0.25, 0.3) is 0 Å². The molecule has 1 aliphatic heterocycles. The molecule has 1 saturated heterocycles. The van der Waals surface area contributed by atoms with Crippen molar-refractivity contribution < 1.29 is 14.3 Å². The van der Waals surface area contributed by atoms with Crippen LogP contribution in [0.5, 0.6) is 0 Å². The third kappa shape index (κ3) is 4.89. The van der Waals surface area contributed by atoms with Gasteiger partial charge in [0, 0.05) is 0 Å². The third-order valence-corrected chi connectivity index (χ3v) is 10.7. The van der Waals surface area contributed by atoms with Gasteiger partial charge in [-0.2, -0.15) is 0 Å². The van der Waals surface area contributed by atoms with E-state index in [1.807, 2.05) is 39.5 Å². The van der Waals surface area contributed by atoms with Crippen molar-refractivity contribution in [1.82, 2.24) is 4.90 Å². The van der Waals surface area contributed by atoms with Gasteiger partial charge in [-0.05, 0) is 71.0 Å².